The highest BCUT2D eigenvalue weighted by Gasteiger charge is 2.30. The summed E-state index contributed by atoms with van der Waals surface area (Å²) in [7, 11) is 1.70. The molecule has 0 unspecified atom stereocenters. The summed E-state index contributed by atoms with van der Waals surface area (Å²) in [5.74, 6) is 0. The third-order valence-corrected chi connectivity index (χ3v) is 5.61. The first-order valence-electron chi connectivity index (χ1n) is 7.93. The fraction of sp³-hybridized carbons (Fsp3) is 0.176. The lowest BCUT2D eigenvalue weighted by Gasteiger charge is -2.06. The highest BCUT2D eigenvalue weighted by Crippen LogP contribution is 2.31. The average molecular weight is 470 g/mol. The van der Waals surface area contributed by atoms with Gasteiger partial charge in [0.1, 0.15) is 21.3 Å². The molecule has 0 radical (unpaired) electrons. The molecule has 6 nitrogen and oxygen atoms in total. The molecule has 1 aromatic carbocycles. The molecule has 0 spiro atoms. The number of hydrogen-bond donors (Lipinski definition) is 0. The molecule has 0 aliphatic carbocycles. The van der Waals surface area contributed by atoms with E-state index < -0.39 is 11.7 Å². The standard InChI is InChI=1S/C17H11BrF3N5OS/c1-25-14-12(13(18)24-25)16(27)26(8-22-14)6-11-7-28-15(23-11)9-2-4-10(5-3-9)17(19,20)21/h2-5,7-8H,6H2,1H3. The van der Waals surface area contributed by atoms with Crippen LogP contribution in [0.2, 0.25) is 0 Å². The van der Waals surface area contributed by atoms with Crippen molar-refractivity contribution in [2.45, 2.75) is 12.7 Å². The molecule has 0 bridgehead atoms. The normalized spacial score (nSPS) is 12.0. The van der Waals surface area contributed by atoms with Gasteiger partial charge in [0.25, 0.3) is 5.56 Å². The number of rotatable bonds is 3. The molecule has 0 saturated carbocycles. The minimum Gasteiger partial charge on any atom is -0.292 e. The first-order valence-corrected chi connectivity index (χ1v) is 9.61. The number of thiazole rings is 1. The zero-order valence-corrected chi connectivity index (χ0v) is 16.6. The molecular weight excluding hydrogens is 459 g/mol. The van der Waals surface area contributed by atoms with Crippen LogP contribution in [0.3, 0.4) is 0 Å². The quantitative estimate of drug-likeness (QED) is 0.453. The molecule has 4 rings (SSSR count). The Morgan fingerprint density at radius 3 is 2.61 bits per heavy atom. The van der Waals surface area contributed by atoms with Crippen LogP contribution in [0.25, 0.3) is 21.6 Å². The second kappa shape index (κ2) is 6.82. The predicted octanol–water partition coefficient (Wildman–Crippen LogP) is 4.08. The Morgan fingerprint density at radius 2 is 1.93 bits per heavy atom. The first kappa shape index (κ1) is 18.8. The van der Waals surface area contributed by atoms with E-state index >= 15 is 0 Å². The second-order valence-corrected chi connectivity index (χ2v) is 7.62. The number of alkyl halides is 3. The van der Waals surface area contributed by atoms with Crippen molar-refractivity contribution in [3.8, 4) is 10.6 Å². The van der Waals surface area contributed by atoms with Gasteiger partial charge in [-0.25, -0.2) is 14.6 Å². The SMILES string of the molecule is Cn1nc(Br)c2c(=O)n(Cc3csc(-c4ccc(C(F)(F)F)cc4)n3)cnc21. The van der Waals surface area contributed by atoms with E-state index in [1.807, 2.05) is 0 Å². The molecular formula is C17H11BrF3N5OS. The van der Waals surface area contributed by atoms with E-state index in [0.29, 0.717) is 31.9 Å². The maximum absolute atomic E-state index is 12.7. The largest absolute Gasteiger partial charge is 0.416 e. The third-order valence-electron chi connectivity index (χ3n) is 4.11. The van der Waals surface area contributed by atoms with Gasteiger partial charge in [0, 0.05) is 18.0 Å². The molecule has 0 fully saturated rings. The summed E-state index contributed by atoms with van der Waals surface area (Å²) in [5.41, 5.74) is 0.704. The Labute approximate surface area is 168 Å². The van der Waals surface area contributed by atoms with Crippen molar-refractivity contribution < 1.29 is 13.2 Å². The summed E-state index contributed by atoms with van der Waals surface area (Å²) in [6.07, 6.45) is -2.95. The van der Waals surface area contributed by atoms with Crippen molar-refractivity contribution in [1.82, 2.24) is 24.3 Å². The summed E-state index contributed by atoms with van der Waals surface area (Å²) in [6, 6.07) is 4.83. The fourth-order valence-corrected chi connectivity index (χ4v) is 4.14. The Morgan fingerprint density at radius 1 is 1.21 bits per heavy atom. The Kier molecular flexibility index (Phi) is 4.58. The smallest absolute Gasteiger partial charge is 0.292 e. The zero-order chi connectivity index (χ0) is 20.1. The topological polar surface area (TPSA) is 65.6 Å². The molecule has 11 heteroatoms. The lowest BCUT2D eigenvalue weighted by Crippen LogP contribution is -2.21. The van der Waals surface area contributed by atoms with E-state index in [1.54, 1.807) is 12.4 Å². The van der Waals surface area contributed by atoms with Gasteiger partial charge in [0.05, 0.1) is 17.8 Å². The van der Waals surface area contributed by atoms with Gasteiger partial charge in [0.2, 0.25) is 0 Å². The van der Waals surface area contributed by atoms with E-state index in [-0.39, 0.29) is 12.1 Å². The molecule has 3 aromatic heterocycles. The van der Waals surface area contributed by atoms with Crippen molar-refractivity contribution in [3.63, 3.8) is 0 Å². The van der Waals surface area contributed by atoms with Gasteiger partial charge >= 0.3 is 6.18 Å². The van der Waals surface area contributed by atoms with E-state index in [4.69, 9.17) is 0 Å². The van der Waals surface area contributed by atoms with Crippen LogP contribution in [0, 0.1) is 0 Å². The van der Waals surface area contributed by atoms with E-state index in [0.717, 1.165) is 12.1 Å². The van der Waals surface area contributed by atoms with Gasteiger partial charge in [-0.15, -0.1) is 11.3 Å². The first-order chi connectivity index (χ1) is 13.2. The maximum Gasteiger partial charge on any atom is 0.416 e. The summed E-state index contributed by atoms with van der Waals surface area (Å²) in [5, 5.41) is 6.85. The van der Waals surface area contributed by atoms with Crippen molar-refractivity contribution >= 4 is 38.3 Å². The Balaban J connectivity index is 1.62. The van der Waals surface area contributed by atoms with Gasteiger partial charge in [-0.05, 0) is 28.1 Å². The van der Waals surface area contributed by atoms with Crippen LogP contribution in [0.15, 0.2) is 45.4 Å². The summed E-state index contributed by atoms with van der Waals surface area (Å²) in [4.78, 5) is 21.4. The van der Waals surface area contributed by atoms with E-state index in [9.17, 15) is 18.0 Å². The summed E-state index contributed by atoms with van der Waals surface area (Å²) < 4.78 is 41.4. The van der Waals surface area contributed by atoms with Crippen molar-refractivity contribution in [1.29, 1.82) is 0 Å². The fourth-order valence-electron chi connectivity index (χ4n) is 2.74. The second-order valence-electron chi connectivity index (χ2n) is 6.01. The van der Waals surface area contributed by atoms with Crippen LogP contribution in [0.4, 0.5) is 13.2 Å². The van der Waals surface area contributed by atoms with Crippen LogP contribution in [-0.2, 0) is 19.8 Å². The average Bonchev–Trinajstić information content (AvgIpc) is 3.21. The monoisotopic (exact) mass is 469 g/mol. The molecule has 0 aliphatic heterocycles. The van der Waals surface area contributed by atoms with E-state index in [1.165, 1.54) is 39.0 Å². The van der Waals surface area contributed by atoms with Crippen molar-refractivity contribution in [2.75, 3.05) is 0 Å². The molecule has 0 atom stereocenters. The predicted molar refractivity (Wildman–Crippen MR) is 102 cm³/mol. The van der Waals surface area contributed by atoms with Crippen molar-refractivity contribution in [2.24, 2.45) is 7.05 Å². The maximum atomic E-state index is 12.7. The lowest BCUT2D eigenvalue weighted by molar-refractivity contribution is -0.137. The number of aromatic nitrogens is 5. The zero-order valence-electron chi connectivity index (χ0n) is 14.2. The van der Waals surface area contributed by atoms with Crippen LogP contribution >= 0.6 is 27.3 Å². The number of halogens is 4. The lowest BCUT2D eigenvalue weighted by atomic mass is 10.1. The Hall–Kier alpha value is -2.53. The molecule has 144 valence electrons. The van der Waals surface area contributed by atoms with Gasteiger partial charge < -0.3 is 0 Å². The minimum atomic E-state index is -4.38. The highest BCUT2D eigenvalue weighted by molar-refractivity contribution is 9.10. The van der Waals surface area contributed by atoms with Crippen molar-refractivity contribution in [3.05, 3.63) is 62.2 Å². The number of nitrogens with zero attached hydrogens (tertiary/aromatic N) is 5. The van der Waals surface area contributed by atoms with Crippen LogP contribution in [0.1, 0.15) is 11.3 Å². The van der Waals surface area contributed by atoms with E-state index in [2.05, 4.69) is 31.0 Å². The molecule has 0 saturated heterocycles. The number of aryl methyl sites for hydroxylation is 1. The van der Waals surface area contributed by atoms with Crippen LogP contribution < -0.4 is 5.56 Å². The number of benzene rings is 1. The molecule has 0 aliphatic rings. The molecule has 0 N–H and O–H groups in total. The third kappa shape index (κ3) is 3.35. The summed E-state index contributed by atoms with van der Waals surface area (Å²) >= 11 is 4.56. The molecule has 4 aromatic rings. The van der Waals surface area contributed by atoms with Gasteiger partial charge in [-0.1, -0.05) is 12.1 Å². The van der Waals surface area contributed by atoms with Crippen LogP contribution in [0.5, 0.6) is 0 Å². The van der Waals surface area contributed by atoms with Crippen LogP contribution in [-0.4, -0.2) is 24.3 Å². The van der Waals surface area contributed by atoms with Gasteiger partial charge in [-0.3, -0.25) is 9.36 Å². The summed E-state index contributed by atoms with van der Waals surface area (Å²) in [6.45, 7) is 0.195. The van der Waals surface area contributed by atoms with Gasteiger partial charge in [0.15, 0.2) is 5.65 Å². The molecule has 0 amide bonds. The number of hydrogen-bond acceptors (Lipinski definition) is 5. The number of fused-ring (bicyclic) bond motifs is 1. The minimum absolute atomic E-state index is 0.195. The van der Waals surface area contributed by atoms with Gasteiger partial charge in [-0.2, -0.15) is 18.3 Å². The molecule has 3 heterocycles. The molecule has 28 heavy (non-hydrogen) atoms. The highest BCUT2D eigenvalue weighted by atomic mass is 79.9. The Bertz CT molecular complexity index is 1230.